The smallest absolute Gasteiger partial charge is 0.230 e. The molecule has 2 rings (SSSR count). The number of benzene rings is 1. The quantitative estimate of drug-likeness (QED) is 0.508. The first-order valence-electron chi connectivity index (χ1n) is 6.84. The predicted molar refractivity (Wildman–Crippen MR) is 94.3 cm³/mol. The number of nitrogens with two attached hydrogens (primary N) is 2. The van der Waals surface area contributed by atoms with Gasteiger partial charge in [-0.15, -0.1) is 16.4 Å². The highest BCUT2D eigenvalue weighted by atomic mass is 32.1. The van der Waals surface area contributed by atoms with Crippen LogP contribution < -0.4 is 16.4 Å². The minimum Gasteiger partial charge on any atom is -0.369 e. The summed E-state index contributed by atoms with van der Waals surface area (Å²) in [6.07, 6.45) is 1.43. The molecule has 0 spiro atoms. The van der Waals surface area contributed by atoms with E-state index in [9.17, 15) is 4.79 Å². The number of hydrogen-bond donors (Lipinski definition) is 2. The number of aromatic nitrogens is 1. The molecule has 1 amide bonds. The van der Waals surface area contributed by atoms with Gasteiger partial charge in [0, 0.05) is 12.3 Å². The van der Waals surface area contributed by atoms with E-state index in [0.717, 1.165) is 11.3 Å². The highest BCUT2D eigenvalue weighted by Gasteiger charge is 2.18. The number of rotatable bonds is 4. The Balaban J connectivity index is 2.34. The van der Waals surface area contributed by atoms with Gasteiger partial charge < -0.3 is 11.5 Å². The number of guanidine groups is 1. The van der Waals surface area contributed by atoms with Gasteiger partial charge in [-0.3, -0.25) is 9.69 Å². The van der Waals surface area contributed by atoms with E-state index in [4.69, 9.17) is 11.5 Å². The van der Waals surface area contributed by atoms with E-state index >= 15 is 0 Å². The maximum atomic E-state index is 12.1. The van der Waals surface area contributed by atoms with Crippen LogP contribution in [0.25, 0.3) is 0 Å². The zero-order chi connectivity index (χ0) is 17.0. The molecule has 0 bridgehead atoms. The van der Waals surface area contributed by atoms with Crippen LogP contribution in [0.2, 0.25) is 0 Å². The van der Waals surface area contributed by atoms with E-state index in [-0.39, 0.29) is 11.9 Å². The lowest BCUT2D eigenvalue weighted by Gasteiger charge is -2.19. The van der Waals surface area contributed by atoms with Crippen LogP contribution in [0.5, 0.6) is 0 Å². The molecule has 8 heteroatoms. The molecular weight excluding hydrogens is 312 g/mol. The molecule has 0 radical (unpaired) electrons. The highest BCUT2D eigenvalue weighted by molar-refractivity contribution is 7.14. The Morgan fingerprint density at radius 1 is 1.30 bits per heavy atom. The fourth-order valence-corrected chi connectivity index (χ4v) is 2.72. The molecule has 0 aliphatic rings. The van der Waals surface area contributed by atoms with E-state index in [1.54, 1.807) is 10.3 Å². The predicted octanol–water partition coefficient (Wildman–Crippen LogP) is 2.05. The Kier molecular flexibility index (Phi) is 5.07. The van der Waals surface area contributed by atoms with Crippen molar-refractivity contribution in [3.05, 3.63) is 40.4 Å². The summed E-state index contributed by atoms with van der Waals surface area (Å²) in [5.74, 6) is -0.243. The van der Waals surface area contributed by atoms with Gasteiger partial charge in [-0.1, -0.05) is 6.07 Å². The molecule has 0 atom stereocenters. The van der Waals surface area contributed by atoms with Crippen LogP contribution in [0, 0.1) is 13.8 Å². The lowest BCUT2D eigenvalue weighted by Crippen LogP contribution is -2.22. The second-order valence-corrected chi connectivity index (χ2v) is 5.78. The number of aryl methyl sites for hydroxylation is 2. The number of carbonyl (C=O) groups is 1. The summed E-state index contributed by atoms with van der Waals surface area (Å²) in [4.78, 5) is 18.0. The lowest BCUT2D eigenvalue weighted by atomic mass is 10.1. The molecule has 0 saturated heterocycles. The number of anilines is 2. The maximum absolute atomic E-state index is 12.1. The van der Waals surface area contributed by atoms with E-state index in [2.05, 4.69) is 15.2 Å². The summed E-state index contributed by atoms with van der Waals surface area (Å²) in [5, 5.41) is 9.56. The van der Waals surface area contributed by atoms with Crippen LogP contribution in [0.1, 0.15) is 23.7 Å². The third-order valence-corrected chi connectivity index (χ3v) is 3.97. The number of hydrogen-bond acceptors (Lipinski definition) is 5. The van der Waals surface area contributed by atoms with Crippen LogP contribution in [-0.2, 0) is 4.79 Å². The summed E-state index contributed by atoms with van der Waals surface area (Å²) in [6.45, 7) is 5.54. The monoisotopic (exact) mass is 330 g/mol. The van der Waals surface area contributed by atoms with Crippen molar-refractivity contribution in [2.75, 3.05) is 4.90 Å². The molecular formula is C15H18N6OS. The van der Waals surface area contributed by atoms with Crippen molar-refractivity contribution in [2.45, 2.75) is 20.8 Å². The van der Waals surface area contributed by atoms with E-state index < -0.39 is 0 Å². The zero-order valence-corrected chi connectivity index (χ0v) is 14.0. The average Bonchev–Trinajstić information content (AvgIpc) is 2.90. The van der Waals surface area contributed by atoms with Crippen molar-refractivity contribution in [3.63, 3.8) is 0 Å². The molecule has 1 heterocycles. The molecule has 2 aromatic rings. The number of carbonyl (C=O) groups excluding carboxylic acids is 1. The molecule has 0 saturated carbocycles. The highest BCUT2D eigenvalue weighted by Crippen LogP contribution is 2.29. The van der Waals surface area contributed by atoms with Crippen molar-refractivity contribution >= 4 is 40.2 Å². The van der Waals surface area contributed by atoms with Gasteiger partial charge >= 0.3 is 0 Å². The van der Waals surface area contributed by atoms with Crippen LogP contribution in [0.4, 0.5) is 10.8 Å². The van der Waals surface area contributed by atoms with Gasteiger partial charge in [0.2, 0.25) is 11.9 Å². The SMILES string of the molecule is CC(=O)N(c1ccc(C)c(C)c1)c1nc(/C=N/N=C(N)N)cs1. The van der Waals surface area contributed by atoms with Crippen LogP contribution in [0.3, 0.4) is 0 Å². The zero-order valence-electron chi connectivity index (χ0n) is 13.1. The second kappa shape index (κ2) is 7.01. The van der Waals surface area contributed by atoms with Crippen molar-refractivity contribution in [1.29, 1.82) is 0 Å². The molecule has 4 N–H and O–H groups in total. The maximum Gasteiger partial charge on any atom is 0.230 e. The summed E-state index contributed by atoms with van der Waals surface area (Å²) in [7, 11) is 0. The third kappa shape index (κ3) is 4.13. The average molecular weight is 330 g/mol. The van der Waals surface area contributed by atoms with E-state index in [0.29, 0.717) is 10.8 Å². The summed E-state index contributed by atoms with van der Waals surface area (Å²) >= 11 is 1.34. The van der Waals surface area contributed by atoms with Crippen molar-refractivity contribution in [2.24, 2.45) is 21.7 Å². The topological polar surface area (TPSA) is 110 Å². The van der Waals surface area contributed by atoms with Crippen molar-refractivity contribution in [1.82, 2.24) is 4.98 Å². The molecule has 7 nitrogen and oxygen atoms in total. The van der Waals surface area contributed by atoms with Crippen LogP contribution in [-0.4, -0.2) is 23.1 Å². The minimum absolute atomic E-state index is 0.115. The second-order valence-electron chi connectivity index (χ2n) is 4.95. The molecule has 120 valence electrons. The molecule has 0 aliphatic heterocycles. The molecule has 23 heavy (non-hydrogen) atoms. The van der Waals surface area contributed by atoms with E-state index in [1.165, 1.54) is 30.0 Å². The van der Waals surface area contributed by atoms with Gasteiger partial charge in [-0.05, 0) is 37.1 Å². The fraction of sp³-hybridized carbons (Fsp3) is 0.200. The first kappa shape index (κ1) is 16.6. The van der Waals surface area contributed by atoms with Gasteiger partial charge in [-0.2, -0.15) is 5.10 Å². The fourth-order valence-electron chi connectivity index (χ4n) is 1.88. The minimum atomic E-state index is -0.128. The van der Waals surface area contributed by atoms with Gasteiger partial charge in [0.1, 0.15) is 0 Å². The van der Waals surface area contributed by atoms with Crippen LogP contribution in [0.15, 0.2) is 33.8 Å². The third-order valence-electron chi connectivity index (χ3n) is 3.13. The number of amides is 1. The number of thiazole rings is 1. The molecule has 1 aromatic carbocycles. The van der Waals surface area contributed by atoms with E-state index in [1.807, 2.05) is 32.0 Å². The summed E-state index contributed by atoms with van der Waals surface area (Å²) in [6, 6.07) is 5.85. The Labute approximate surface area is 138 Å². The first-order valence-corrected chi connectivity index (χ1v) is 7.72. The van der Waals surface area contributed by atoms with Crippen molar-refractivity contribution < 1.29 is 4.79 Å². The normalized spacial score (nSPS) is 10.7. The van der Waals surface area contributed by atoms with Gasteiger partial charge in [0.05, 0.1) is 17.6 Å². The Morgan fingerprint density at radius 3 is 2.65 bits per heavy atom. The van der Waals surface area contributed by atoms with Gasteiger partial charge in [0.25, 0.3) is 0 Å². The van der Waals surface area contributed by atoms with Gasteiger partial charge in [0.15, 0.2) is 5.13 Å². The molecule has 0 aliphatic carbocycles. The Morgan fingerprint density at radius 2 is 2.04 bits per heavy atom. The standard InChI is InChI=1S/C15H18N6OS/c1-9-4-5-13(6-10(9)2)21(11(3)22)15-19-12(8-23-15)7-18-20-14(16)17/h4-8H,1-3H3,(H4,16,17,20)/b18-7+. The lowest BCUT2D eigenvalue weighted by molar-refractivity contribution is -0.115. The van der Waals surface area contributed by atoms with Gasteiger partial charge in [-0.25, -0.2) is 4.98 Å². The molecule has 0 fully saturated rings. The number of nitrogens with zero attached hydrogens (tertiary/aromatic N) is 4. The summed E-state index contributed by atoms with van der Waals surface area (Å²) < 4.78 is 0. The largest absolute Gasteiger partial charge is 0.369 e. The van der Waals surface area contributed by atoms with Crippen molar-refractivity contribution in [3.8, 4) is 0 Å². The van der Waals surface area contributed by atoms with Crippen LogP contribution >= 0.6 is 11.3 Å². The molecule has 0 unspecified atom stereocenters. The Hall–Kier alpha value is -2.74. The summed E-state index contributed by atoms with van der Waals surface area (Å²) in [5.41, 5.74) is 14.0. The first-order chi connectivity index (χ1) is 10.9. The Bertz CT molecular complexity index is 776. The molecule has 1 aromatic heterocycles.